The molecule has 0 bridgehead atoms. The van der Waals surface area contributed by atoms with E-state index in [0.29, 0.717) is 16.7 Å². The van der Waals surface area contributed by atoms with Gasteiger partial charge >= 0.3 is 6.18 Å². The quantitative estimate of drug-likeness (QED) is 0.133. The van der Waals surface area contributed by atoms with Crippen molar-refractivity contribution in [2.75, 3.05) is 9.80 Å². The summed E-state index contributed by atoms with van der Waals surface area (Å²) in [6.45, 7) is 1.60. The molecule has 0 radical (unpaired) electrons. The third kappa shape index (κ3) is 8.92. The number of hydrogen-bond acceptors (Lipinski definition) is 2. The number of anilines is 6. The number of para-hydroxylation sites is 4. The zero-order valence-electron chi connectivity index (χ0n) is 47.4. The Hall–Kier alpha value is -10.9. The molecule has 3 heterocycles. The highest BCUT2D eigenvalue weighted by molar-refractivity contribution is 7.00. The van der Waals surface area contributed by atoms with Crippen LogP contribution < -0.4 is 26.2 Å². The van der Waals surface area contributed by atoms with Crippen LogP contribution in [0.15, 0.2) is 303 Å². The molecule has 0 amide bonds. The van der Waals surface area contributed by atoms with E-state index >= 15 is 0 Å². The predicted molar refractivity (Wildman–Crippen MR) is 357 cm³/mol. The van der Waals surface area contributed by atoms with Crippen LogP contribution in [0.5, 0.6) is 0 Å². The van der Waals surface area contributed by atoms with Crippen LogP contribution in [0.2, 0.25) is 0 Å². The fraction of sp³-hybridized carbons (Fsp3) is 0.0250. The molecule has 0 fully saturated rings. The summed E-state index contributed by atoms with van der Waals surface area (Å²) in [4.78, 5) is 5.01. The first-order valence-electron chi connectivity index (χ1n) is 29.5. The number of hydrogen-bond donors (Lipinski definition) is 0. The van der Waals surface area contributed by atoms with Gasteiger partial charge in [0, 0.05) is 50.5 Å². The number of alkyl halides is 3. The van der Waals surface area contributed by atoms with Gasteiger partial charge in [0.05, 0.1) is 22.3 Å². The topological polar surface area (TPSA) is 11.4 Å². The maximum absolute atomic E-state index is 14.5. The van der Waals surface area contributed by atoms with Gasteiger partial charge in [-0.05, 0) is 187 Å². The lowest BCUT2D eigenvalue weighted by Crippen LogP contribution is -2.61. The number of aromatic nitrogens is 1. The summed E-state index contributed by atoms with van der Waals surface area (Å²) in [6.07, 6.45) is -4.50. The Labute approximate surface area is 503 Å². The van der Waals surface area contributed by atoms with Gasteiger partial charge in [-0.25, -0.2) is 0 Å². The van der Waals surface area contributed by atoms with Crippen molar-refractivity contribution in [3.8, 4) is 72.4 Å². The molecule has 2 aliphatic heterocycles. The smallest absolute Gasteiger partial charge is 0.311 e. The first-order chi connectivity index (χ1) is 42.7. The molecule has 3 nitrogen and oxygen atoms in total. The average molecular weight is 1120 g/mol. The van der Waals surface area contributed by atoms with Gasteiger partial charge in [0.1, 0.15) is 0 Å². The predicted octanol–water partition coefficient (Wildman–Crippen LogP) is 20.2. The summed E-state index contributed by atoms with van der Waals surface area (Å²) >= 11 is 0. The molecular formula is C80H53BF3N3. The molecule has 1 aromatic heterocycles. The number of nitrogens with zero attached hydrogens (tertiary/aromatic N) is 3. The Morgan fingerprint density at radius 1 is 0.299 bits per heavy atom. The second-order valence-electron chi connectivity index (χ2n) is 22.8. The van der Waals surface area contributed by atoms with Gasteiger partial charge in [-0.3, -0.25) is 0 Å². The number of fused-ring (bicyclic) bond motifs is 7. The molecule has 2 aliphatic rings. The van der Waals surface area contributed by atoms with Gasteiger partial charge in [0.25, 0.3) is 6.71 Å². The van der Waals surface area contributed by atoms with Crippen LogP contribution in [0, 0.1) is 6.92 Å². The van der Waals surface area contributed by atoms with E-state index in [1.54, 1.807) is 6.92 Å². The van der Waals surface area contributed by atoms with Gasteiger partial charge in [0.15, 0.2) is 0 Å². The van der Waals surface area contributed by atoms with Crippen LogP contribution in [0.1, 0.15) is 11.1 Å². The van der Waals surface area contributed by atoms with E-state index in [1.165, 1.54) is 28.5 Å². The zero-order chi connectivity index (χ0) is 58.3. The molecule has 13 aromatic carbocycles. The standard InChI is InChI=1S/C80H53BF3N3/c1-52-40-63(44-64(41-52)80(82,83)84)67-30-14-18-34-72(67)87-73-35-19-15-31-68(73)69-49-57(38-39-74(69)87)62-50-77-79-78(51-62)86(66-47-60(55-26-10-4-11-27-55)43-61(48-66)56-28-12-5-13-29-56)76-37-21-17-33-71(76)81(79)70-32-16-20-36-75(70)85(77)65-45-58(53-22-6-2-7-23-53)42-59(46-65)54-24-8-3-9-25-54/h2-51H,1H3. The third-order valence-electron chi connectivity index (χ3n) is 17.5. The summed E-state index contributed by atoms with van der Waals surface area (Å²) in [5.74, 6) is 0. The summed E-state index contributed by atoms with van der Waals surface area (Å²) < 4.78 is 45.6. The second-order valence-corrected chi connectivity index (χ2v) is 22.8. The lowest BCUT2D eigenvalue weighted by atomic mass is 9.33. The SMILES string of the molecule is Cc1cc(-c2ccccc2-n2c3ccccc3c3cc(-c4cc5c6c(c4)N(c4cc(-c7ccccc7)cc(-c7ccccc7)c4)c4ccccc4B6c4ccccc4N5c4cc(-c5ccccc5)cc(-c5ccccc5)c4)ccc32)cc(C(F)(F)F)c1. The van der Waals surface area contributed by atoms with E-state index < -0.39 is 11.7 Å². The summed E-state index contributed by atoms with van der Waals surface area (Å²) in [5.41, 5.74) is 24.9. The monoisotopic (exact) mass is 1120 g/mol. The van der Waals surface area contributed by atoms with E-state index in [9.17, 15) is 13.2 Å². The molecule has 412 valence electrons. The minimum Gasteiger partial charge on any atom is -0.311 e. The third-order valence-corrected chi connectivity index (χ3v) is 17.5. The number of aryl methyl sites for hydroxylation is 1. The summed E-state index contributed by atoms with van der Waals surface area (Å²) in [7, 11) is 0. The molecule has 0 aliphatic carbocycles. The van der Waals surface area contributed by atoms with Crippen molar-refractivity contribution < 1.29 is 13.2 Å². The Bertz CT molecular complexity index is 4680. The molecule has 0 atom stereocenters. The van der Waals surface area contributed by atoms with Crippen LogP contribution in [0.25, 0.3) is 94.3 Å². The van der Waals surface area contributed by atoms with Crippen LogP contribution in [-0.4, -0.2) is 11.3 Å². The minimum absolute atomic E-state index is 0.123. The molecule has 14 aromatic rings. The first-order valence-corrected chi connectivity index (χ1v) is 29.5. The lowest BCUT2D eigenvalue weighted by Gasteiger charge is -2.44. The fourth-order valence-corrected chi connectivity index (χ4v) is 13.7. The largest absolute Gasteiger partial charge is 0.416 e. The molecule has 87 heavy (non-hydrogen) atoms. The zero-order valence-corrected chi connectivity index (χ0v) is 47.4. The highest BCUT2D eigenvalue weighted by atomic mass is 19.4. The van der Waals surface area contributed by atoms with Crippen molar-refractivity contribution in [1.29, 1.82) is 0 Å². The fourth-order valence-electron chi connectivity index (χ4n) is 13.7. The number of rotatable bonds is 9. The molecule has 0 saturated carbocycles. The molecule has 0 spiro atoms. The molecule has 0 saturated heterocycles. The molecule has 0 N–H and O–H groups in total. The van der Waals surface area contributed by atoms with Crippen molar-refractivity contribution in [3.05, 3.63) is 314 Å². The minimum atomic E-state index is -4.50. The normalized spacial score (nSPS) is 12.5. The second kappa shape index (κ2) is 20.7. The van der Waals surface area contributed by atoms with Crippen LogP contribution >= 0.6 is 0 Å². The maximum atomic E-state index is 14.5. The molecule has 0 unspecified atom stereocenters. The lowest BCUT2D eigenvalue weighted by molar-refractivity contribution is -0.137. The van der Waals surface area contributed by atoms with Gasteiger partial charge < -0.3 is 14.4 Å². The van der Waals surface area contributed by atoms with Gasteiger partial charge in [-0.15, -0.1) is 0 Å². The van der Waals surface area contributed by atoms with Crippen molar-refractivity contribution in [2.24, 2.45) is 0 Å². The van der Waals surface area contributed by atoms with E-state index in [-0.39, 0.29) is 6.71 Å². The van der Waals surface area contributed by atoms with Crippen LogP contribution in [-0.2, 0) is 6.18 Å². The Kier molecular flexibility index (Phi) is 12.3. The van der Waals surface area contributed by atoms with Crippen molar-refractivity contribution in [2.45, 2.75) is 13.1 Å². The van der Waals surface area contributed by atoms with Gasteiger partial charge in [-0.1, -0.05) is 206 Å². The van der Waals surface area contributed by atoms with E-state index in [0.717, 1.165) is 117 Å². The van der Waals surface area contributed by atoms with E-state index in [2.05, 4.69) is 269 Å². The van der Waals surface area contributed by atoms with E-state index in [4.69, 9.17) is 0 Å². The Morgan fingerprint density at radius 2 is 0.724 bits per heavy atom. The molecule has 16 rings (SSSR count). The summed E-state index contributed by atoms with van der Waals surface area (Å²) in [5, 5.41) is 2.06. The Balaban J connectivity index is 0.978. The average Bonchev–Trinajstić information content (AvgIpc) is 1.04. The van der Waals surface area contributed by atoms with Crippen LogP contribution in [0.3, 0.4) is 0 Å². The molecular weight excluding hydrogens is 1070 g/mol. The Morgan fingerprint density at radius 3 is 1.23 bits per heavy atom. The maximum Gasteiger partial charge on any atom is 0.416 e. The number of halogens is 3. The van der Waals surface area contributed by atoms with Crippen molar-refractivity contribution >= 4 is 79.0 Å². The highest BCUT2D eigenvalue weighted by Crippen LogP contribution is 2.49. The first kappa shape index (κ1) is 51.7. The summed E-state index contributed by atoms with van der Waals surface area (Å²) in [6, 6.07) is 107. The van der Waals surface area contributed by atoms with Crippen LogP contribution in [0.4, 0.5) is 47.3 Å². The highest BCUT2D eigenvalue weighted by Gasteiger charge is 2.44. The number of benzene rings is 13. The van der Waals surface area contributed by atoms with Gasteiger partial charge in [-0.2, -0.15) is 13.2 Å². The van der Waals surface area contributed by atoms with Crippen molar-refractivity contribution in [1.82, 2.24) is 4.57 Å². The van der Waals surface area contributed by atoms with Gasteiger partial charge in [0.2, 0.25) is 0 Å². The van der Waals surface area contributed by atoms with E-state index in [1.807, 2.05) is 36.4 Å². The van der Waals surface area contributed by atoms with Crippen molar-refractivity contribution in [3.63, 3.8) is 0 Å². The molecule has 7 heteroatoms.